The monoisotopic (exact) mass is 431 g/mol. The highest BCUT2D eigenvalue weighted by Crippen LogP contribution is 2.32. The first kappa shape index (κ1) is 22.3. The molecule has 0 radical (unpaired) electrons. The first-order chi connectivity index (χ1) is 15.0. The van der Waals surface area contributed by atoms with Crippen molar-refractivity contribution in [3.8, 4) is 11.5 Å². The lowest BCUT2D eigenvalue weighted by molar-refractivity contribution is -0.0520. The van der Waals surface area contributed by atoms with Gasteiger partial charge in [0.1, 0.15) is 5.65 Å². The van der Waals surface area contributed by atoms with E-state index in [1.165, 1.54) is 0 Å². The molecule has 9 heteroatoms. The van der Waals surface area contributed by atoms with Gasteiger partial charge in [0.15, 0.2) is 17.5 Å². The minimum absolute atomic E-state index is 0.0300. The molecule has 0 saturated heterocycles. The maximum Gasteiger partial charge on any atom is 0.387 e. The third kappa shape index (κ3) is 5.84. The Morgan fingerprint density at radius 1 is 1.23 bits per heavy atom. The minimum Gasteiger partial charge on any atom is -0.490 e. The highest BCUT2D eigenvalue weighted by atomic mass is 19.3. The molecule has 0 fully saturated rings. The van der Waals surface area contributed by atoms with Crippen LogP contribution in [0.1, 0.15) is 23.7 Å². The van der Waals surface area contributed by atoms with Gasteiger partial charge in [-0.25, -0.2) is 4.98 Å². The van der Waals surface area contributed by atoms with Crippen LogP contribution in [0.15, 0.2) is 47.7 Å². The lowest BCUT2D eigenvalue weighted by Gasteiger charge is -2.17. The van der Waals surface area contributed by atoms with Gasteiger partial charge in [-0.05, 0) is 31.5 Å². The zero-order valence-electron chi connectivity index (χ0n) is 17.9. The second-order valence-electron chi connectivity index (χ2n) is 6.81. The van der Waals surface area contributed by atoms with E-state index >= 15 is 0 Å². The molecular formula is C22H27F2N5O2. The molecule has 0 atom stereocenters. The van der Waals surface area contributed by atoms with E-state index in [1.807, 2.05) is 35.9 Å². The lowest BCUT2D eigenvalue weighted by atomic mass is 10.2. The van der Waals surface area contributed by atoms with E-state index in [1.54, 1.807) is 32.2 Å². The van der Waals surface area contributed by atoms with Crippen molar-refractivity contribution < 1.29 is 18.3 Å². The van der Waals surface area contributed by atoms with E-state index in [2.05, 4.69) is 20.6 Å². The number of aromatic nitrogens is 2. The molecule has 0 amide bonds. The highest BCUT2D eigenvalue weighted by Gasteiger charge is 2.16. The molecule has 0 saturated carbocycles. The Balaban J connectivity index is 1.59. The fraction of sp³-hybridized carbons (Fsp3) is 0.364. The molecule has 0 bridgehead atoms. The van der Waals surface area contributed by atoms with Crippen molar-refractivity contribution in [2.75, 3.05) is 20.2 Å². The number of ether oxygens (including phenoxy) is 2. The topological polar surface area (TPSA) is 72.2 Å². The van der Waals surface area contributed by atoms with Crippen molar-refractivity contribution in [3.05, 3.63) is 59.5 Å². The fourth-order valence-electron chi connectivity index (χ4n) is 3.23. The summed E-state index contributed by atoms with van der Waals surface area (Å²) in [7, 11) is 1.65. The number of hydrogen-bond donors (Lipinski definition) is 2. The van der Waals surface area contributed by atoms with E-state index in [0.29, 0.717) is 31.1 Å². The van der Waals surface area contributed by atoms with Crippen molar-refractivity contribution in [2.45, 2.75) is 33.4 Å². The van der Waals surface area contributed by atoms with Crippen molar-refractivity contribution in [3.63, 3.8) is 0 Å². The summed E-state index contributed by atoms with van der Waals surface area (Å²) in [6, 6.07) is 9.07. The number of aliphatic imine (C=N–C) groups is 1. The van der Waals surface area contributed by atoms with Crippen LogP contribution in [0, 0.1) is 6.92 Å². The third-order valence-corrected chi connectivity index (χ3v) is 4.64. The standard InChI is InChI=1S/C22H27F2N5O2/c1-4-30-18-9-5-8-16(19(18)31-21(23)24)13-27-22(25-3)26-11-10-17-14-29-12-6-7-15(2)20(29)28-17/h5-9,12,14,21H,4,10-11,13H2,1-3H3,(H2,25,26,27). The zero-order chi connectivity index (χ0) is 22.2. The van der Waals surface area contributed by atoms with E-state index in [0.717, 1.165) is 16.9 Å². The molecule has 7 nitrogen and oxygen atoms in total. The summed E-state index contributed by atoms with van der Waals surface area (Å²) in [6.45, 7) is 2.09. The summed E-state index contributed by atoms with van der Waals surface area (Å²) in [5.41, 5.74) is 3.58. The Hall–Kier alpha value is -3.36. The van der Waals surface area contributed by atoms with Gasteiger partial charge >= 0.3 is 6.61 Å². The second kappa shape index (κ2) is 10.6. The Morgan fingerprint density at radius 2 is 2.06 bits per heavy atom. The number of nitrogens with one attached hydrogen (secondary N) is 2. The molecule has 0 aliphatic carbocycles. The van der Waals surface area contributed by atoms with Crippen LogP contribution in [-0.4, -0.2) is 42.2 Å². The Labute approximate surface area is 180 Å². The summed E-state index contributed by atoms with van der Waals surface area (Å²) in [4.78, 5) is 8.85. The number of pyridine rings is 1. The number of benzene rings is 1. The summed E-state index contributed by atoms with van der Waals surface area (Å²) >= 11 is 0. The van der Waals surface area contributed by atoms with Crippen molar-refractivity contribution >= 4 is 11.6 Å². The Kier molecular flexibility index (Phi) is 7.64. The van der Waals surface area contributed by atoms with Gasteiger partial charge in [-0.2, -0.15) is 8.78 Å². The van der Waals surface area contributed by atoms with Crippen LogP contribution in [0.25, 0.3) is 5.65 Å². The van der Waals surface area contributed by atoms with Gasteiger partial charge < -0.3 is 24.5 Å². The average molecular weight is 431 g/mol. The van der Waals surface area contributed by atoms with Crippen LogP contribution in [0.4, 0.5) is 8.78 Å². The number of para-hydroxylation sites is 1. The molecule has 3 aromatic rings. The van der Waals surface area contributed by atoms with Crippen LogP contribution in [0.2, 0.25) is 0 Å². The molecule has 166 valence electrons. The number of aryl methyl sites for hydroxylation is 1. The number of imidazole rings is 1. The molecule has 0 spiro atoms. The molecule has 2 heterocycles. The number of fused-ring (bicyclic) bond motifs is 1. The van der Waals surface area contributed by atoms with E-state index in [-0.39, 0.29) is 18.0 Å². The zero-order valence-corrected chi connectivity index (χ0v) is 17.9. The van der Waals surface area contributed by atoms with Crippen LogP contribution < -0.4 is 20.1 Å². The van der Waals surface area contributed by atoms with Crippen molar-refractivity contribution in [1.29, 1.82) is 0 Å². The third-order valence-electron chi connectivity index (χ3n) is 4.64. The first-order valence-electron chi connectivity index (χ1n) is 10.1. The van der Waals surface area contributed by atoms with Gasteiger partial charge in [-0.3, -0.25) is 4.99 Å². The maximum atomic E-state index is 12.9. The van der Waals surface area contributed by atoms with Crippen LogP contribution in [-0.2, 0) is 13.0 Å². The average Bonchev–Trinajstić information content (AvgIpc) is 3.16. The van der Waals surface area contributed by atoms with Gasteiger partial charge in [0.25, 0.3) is 0 Å². The number of rotatable bonds is 9. The Bertz CT molecular complexity index is 1040. The molecule has 0 aliphatic heterocycles. The van der Waals surface area contributed by atoms with E-state index in [4.69, 9.17) is 9.47 Å². The molecule has 0 aliphatic rings. The Morgan fingerprint density at radius 3 is 2.77 bits per heavy atom. The summed E-state index contributed by atoms with van der Waals surface area (Å²) in [5.74, 6) is 0.860. The molecule has 2 aromatic heterocycles. The summed E-state index contributed by atoms with van der Waals surface area (Å²) in [6.07, 6.45) is 4.69. The van der Waals surface area contributed by atoms with Gasteiger partial charge in [0.05, 0.1) is 12.3 Å². The van der Waals surface area contributed by atoms with Crippen LogP contribution in [0.3, 0.4) is 0 Å². The van der Waals surface area contributed by atoms with Crippen molar-refractivity contribution in [2.24, 2.45) is 4.99 Å². The minimum atomic E-state index is -2.94. The van der Waals surface area contributed by atoms with Gasteiger partial charge in [0.2, 0.25) is 0 Å². The lowest BCUT2D eigenvalue weighted by Crippen LogP contribution is -2.38. The number of halogens is 2. The smallest absolute Gasteiger partial charge is 0.387 e. The quantitative estimate of drug-likeness (QED) is 0.401. The predicted molar refractivity (Wildman–Crippen MR) is 116 cm³/mol. The number of guanidine groups is 1. The molecular weight excluding hydrogens is 404 g/mol. The predicted octanol–water partition coefficient (Wildman–Crippen LogP) is 3.55. The maximum absolute atomic E-state index is 12.9. The largest absolute Gasteiger partial charge is 0.490 e. The van der Waals surface area contributed by atoms with Gasteiger partial charge in [0, 0.05) is 44.5 Å². The second-order valence-corrected chi connectivity index (χ2v) is 6.81. The van der Waals surface area contributed by atoms with E-state index < -0.39 is 6.61 Å². The summed E-state index contributed by atoms with van der Waals surface area (Å²) in [5, 5.41) is 6.34. The SMILES string of the molecule is CCOc1cccc(CNC(=NC)NCCc2cn3cccc(C)c3n2)c1OC(F)F. The number of hydrogen-bond acceptors (Lipinski definition) is 4. The van der Waals surface area contributed by atoms with Crippen molar-refractivity contribution in [1.82, 2.24) is 20.0 Å². The fourth-order valence-corrected chi connectivity index (χ4v) is 3.23. The van der Waals surface area contributed by atoms with Crippen LogP contribution in [0.5, 0.6) is 11.5 Å². The number of nitrogens with zero attached hydrogens (tertiary/aromatic N) is 3. The van der Waals surface area contributed by atoms with Gasteiger partial charge in [-0.1, -0.05) is 18.2 Å². The molecule has 0 unspecified atom stereocenters. The summed E-state index contributed by atoms with van der Waals surface area (Å²) < 4.78 is 37.9. The molecule has 31 heavy (non-hydrogen) atoms. The molecule has 2 N–H and O–H groups in total. The van der Waals surface area contributed by atoms with Gasteiger partial charge in [-0.15, -0.1) is 0 Å². The molecule has 3 rings (SSSR count). The normalized spacial score (nSPS) is 11.7. The van der Waals surface area contributed by atoms with Crippen LogP contribution >= 0.6 is 0 Å². The number of alkyl halides is 2. The molecule has 1 aromatic carbocycles. The highest BCUT2D eigenvalue weighted by molar-refractivity contribution is 5.79. The first-order valence-corrected chi connectivity index (χ1v) is 10.1. The van der Waals surface area contributed by atoms with E-state index in [9.17, 15) is 8.78 Å².